The summed E-state index contributed by atoms with van der Waals surface area (Å²) in [6.45, 7) is 6.78. The maximum Gasteiger partial charge on any atom is 0.407 e. The van der Waals surface area contributed by atoms with Crippen molar-refractivity contribution in [1.82, 2.24) is 5.32 Å². The van der Waals surface area contributed by atoms with E-state index in [1.807, 2.05) is 0 Å². The zero-order valence-corrected chi connectivity index (χ0v) is 12.5. The van der Waals surface area contributed by atoms with E-state index in [0.717, 1.165) is 12.8 Å². The van der Waals surface area contributed by atoms with Gasteiger partial charge in [-0.2, -0.15) is 0 Å². The molecule has 0 spiro atoms. The van der Waals surface area contributed by atoms with Crippen molar-refractivity contribution in [3.05, 3.63) is 0 Å². The molecule has 20 heavy (non-hydrogen) atoms. The first-order chi connectivity index (χ1) is 9.28. The summed E-state index contributed by atoms with van der Waals surface area (Å²) in [7, 11) is 0. The summed E-state index contributed by atoms with van der Waals surface area (Å²) in [6, 6.07) is 0. The quantitative estimate of drug-likeness (QED) is 0.808. The van der Waals surface area contributed by atoms with Crippen LogP contribution in [0, 0.1) is 11.8 Å². The molecule has 0 aromatic heterocycles. The standard InChI is InChI=1S/C14H25NO5/c1-14(2,3)20-13(18)15-9-11(12(16)17)8-10-4-6-19-7-5-10/h10-11H,4-9H2,1-3H3,(H,15,18)(H,16,17). The van der Waals surface area contributed by atoms with Crippen LogP contribution in [-0.2, 0) is 14.3 Å². The van der Waals surface area contributed by atoms with Gasteiger partial charge in [0, 0.05) is 19.8 Å². The number of carbonyl (C=O) groups excluding carboxylic acids is 1. The SMILES string of the molecule is CC(C)(C)OC(=O)NCC(CC1CCOCC1)C(=O)O. The highest BCUT2D eigenvalue weighted by atomic mass is 16.6. The number of alkyl carbamates (subject to hydrolysis) is 1. The third-order valence-corrected chi connectivity index (χ3v) is 3.20. The Morgan fingerprint density at radius 1 is 1.35 bits per heavy atom. The van der Waals surface area contributed by atoms with Crippen LogP contribution in [0.1, 0.15) is 40.0 Å². The molecule has 1 aliphatic heterocycles. The molecule has 0 aromatic rings. The average molecular weight is 287 g/mol. The van der Waals surface area contributed by atoms with Crippen LogP contribution in [0.25, 0.3) is 0 Å². The van der Waals surface area contributed by atoms with Gasteiger partial charge < -0.3 is 19.9 Å². The first-order valence-corrected chi connectivity index (χ1v) is 7.05. The summed E-state index contributed by atoms with van der Waals surface area (Å²) in [5.74, 6) is -1.11. The van der Waals surface area contributed by atoms with Crippen molar-refractivity contribution < 1.29 is 24.2 Å². The predicted molar refractivity (Wildman–Crippen MR) is 73.5 cm³/mol. The average Bonchev–Trinajstić information content (AvgIpc) is 2.33. The number of aliphatic carboxylic acids is 1. The Kier molecular flexibility index (Phi) is 6.26. The second-order valence-corrected chi connectivity index (χ2v) is 6.21. The lowest BCUT2D eigenvalue weighted by atomic mass is 9.89. The molecule has 0 radical (unpaired) electrons. The van der Waals surface area contributed by atoms with Gasteiger partial charge in [-0.1, -0.05) is 0 Å². The maximum absolute atomic E-state index is 11.5. The summed E-state index contributed by atoms with van der Waals surface area (Å²) >= 11 is 0. The molecule has 6 heteroatoms. The number of carboxylic acids is 1. The van der Waals surface area contributed by atoms with Gasteiger partial charge >= 0.3 is 12.1 Å². The number of ether oxygens (including phenoxy) is 2. The van der Waals surface area contributed by atoms with Gasteiger partial charge in [0.15, 0.2) is 0 Å². The van der Waals surface area contributed by atoms with E-state index in [1.54, 1.807) is 20.8 Å². The lowest BCUT2D eigenvalue weighted by Gasteiger charge is -2.25. The number of hydrogen-bond acceptors (Lipinski definition) is 4. The number of hydrogen-bond donors (Lipinski definition) is 2. The molecule has 1 unspecified atom stereocenters. The fraction of sp³-hybridized carbons (Fsp3) is 0.857. The minimum atomic E-state index is -0.882. The van der Waals surface area contributed by atoms with Crippen molar-refractivity contribution in [1.29, 1.82) is 0 Å². The highest BCUT2D eigenvalue weighted by Crippen LogP contribution is 2.23. The van der Waals surface area contributed by atoms with Gasteiger partial charge in [0.1, 0.15) is 5.60 Å². The Bertz CT molecular complexity index is 331. The zero-order chi connectivity index (χ0) is 15.2. The Labute approximate surface area is 119 Å². The minimum Gasteiger partial charge on any atom is -0.481 e. The van der Waals surface area contributed by atoms with E-state index in [4.69, 9.17) is 9.47 Å². The van der Waals surface area contributed by atoms with Gasteiger partial charge in [0.05, 0.1) is 5.92 Å². The van der Waals surface area contributed by atoms with Crippen LogP contribution in [0.5, 0.6) is 0 Å². The normalized spacial score (nSPS) is 18.4. The molecule has 6 nitrogen and oxygen atoms in total. The molecule has 0 aliphatic carbocycles. The van der Waals surface area contributed by atoms with E-state index in [2.05, 4.69) is 5.32 Å². The molecule has 1 atom stereocenters. The second-order valence-electron chi connectivity index (χ2n) is 6.21. The van der Waals surface area contributed by atoms with Gasteiger partial charge in [0.25, 0.3) is 0 Å². The van der Waals surface area contributed by atoms with Gasteiger partial charge in [0.2, 0.25) is 0 Å². The maximum atomic E-state index is 11.5. The van der Waals surface area contributed by atoms with Crippen LogP contribution in [0.4, 0.5) is 4.79 Å². The monoisotopic (exact) mass is 287 g/mol. The summed E-state index contributed by atoms with van der Waals surface area (Å²) < 4.78 is 10.4. The van der Waals surface area contributed by atoms with E-state index in [1.165, 1.54) is 0 Å². The summed E-state index contributed by atoms with van der Waals surface area (Å²) in [5, 5.41) is 11.8. The molecule has 0 aromatic carbocycles. The second kappa shape index (κ2) is 7.47. The molecular formula is C14H25NO5. The summed E-state index contributed by atoms with van der Waals surface area (Å²) in [6.07, 6.45) is 1.76. The van der Waals surface area contributed by atoms with Crippen molar-refractivity contribution in [2.24, 2.45) is 11.8 Å². The fourth-order valence-corrected chi connectivity index (χ4v) is 2.18. The number of amides is 1. The topological polar surface area (TPSA) is 84.9 Å². The molecule has 1 amide bonds. The molecular weight excluding hydrogens is 262 g/mol. The lowest BCUT2D eigenvalue weighted by molar-refractivity contribution is -0.142. The Hall–Kier alpha value is -1.30. The van der Waals surface area contributed by atoms with E-state index in [0.29, 0.717) is 25.6 Å². The molecule has 2 N–H and O–H groups in total. The highest BCUT2D eigenvalue weighted by molar-refractivity contribution is 5.72. The molecule has 0 bridgehead atoms. The lowest BCUT2D eigenvalue weighted by Crippen LogP contribution is -2.38. The van der Waals surface area contributed by atoms with E-state index in [-0.39, 0.29) is 6.54 Å². The first-order valence-electron chi connectivity index (χ1n) is 7.05. The number of carbonyl (C=O) groups is 2. The zero-order valence-electron chi connectivity index (χ0n) is 12.5. The van der Waals surface area contributed by atoms with E-state index in [9.17, 15) is 14.7 Å². The van der Waals surface area contributed by atoms with Crippen molar-refractivity contribution in [2.75, 3.05) is 19.8 Å². The van der Waals surface area contributed by atoms with Crippen molar-refractivity contribution >= 4 is 12.1 Å². The fourth-order valence-electron chi connectivity index (χ4n) is 2.18. The summed E-state index contributed by atoms with van der Waals surface area (Å²) in [5.41, 5.74) is -0.580. The first kappa shape index (κ1) is 16.8. The number of carboxylic acid groups (broad SMARTS) is 1. The van der Waals surface area contributed by atoms with Crippen LogP contribution in [-0.4, -0.2) is 42.5 Å². The van der Waals surface area contributed by atoms with Crippen LogP contribution < -0.4 is 5.32 Å². The minimum absolute atomic E-state index is 0.0988. The Morgan fingerprint density at radius 2 is 1.95 bits per heavy atom. The smallest absolute Gasteiger partial charge is 0.407 e. The van der Waals surface area contributed by atoms with Crippen LogP contribution >= 0.6 is 0 Å². The van der Waals surface area contributed by atoms with E-state index >= 15 is 0 Å². The predicted octanol–water partition coefficient (Wildman–Crippen LogP) is 2.03. The largest absolute Gasteiger partial charge is 0.481 e. The third-order valence-electron chi connectivity index (χ3n) is 3.20. The molecule has 1 aliphatic rings. The number of rotatable bonds is 5. The van der Waals surface area contributed by atoms with Crippen LogP contribution in [0.2, 0.25) is 0 Å². The van der Waals surface area contributed by atoms with Gasteiger partial charge in [-0.3, -0.25) is 4.79 Å². The molecule has 1 rings (SSSR count). The number of nitrogens with one attached hydrogen (secondary N) is 1. The third kappa shape index (κ3) is 6.75. The molecule has 116 valence electrons. The molecule has 1 heterocycles. The molecule has 0 saturated carbocycles. The van der Waals surface area contributed by atoms with Crippen molar-refractivity contribution in [3.8, 4) is 0 Å². The Balaban J connectivity index is 2.38. The van der Waals surface area contributed by atoms with Gasteiger partial charge in [-0.15, -0.1) is 0 Å². The van der Waals surface area contributed by atoms with Crippen molar-refractivity contribution in [2.45, 2.75) is 45.6 Å². The van der Waals surface area contributed by atoms with Crippen LogP contribution in [0.3, 0.4) is 0 Å². The van der Waals surface area contributed by atoms with E-state index < -0.39 is 23.6 Å². The Morgan fingerprint density at radius 3 is 2.45 bits per heavy atom. The summed E-state index contributed by atoms with van der Waals surface area (Å²) in [4.78, 5) is 22.8. The van der Waals surface area contributed by atoms with Crippen molar-refractivity contribution in [3.63, 3.8) is 0 Å². The molecule has 1 saturated heterocycles. The molecule has 1 fully saturated rings. The van der Waals surface area contributed by atoms with Gasteiger partial charge in [-0.25, -0.2) is 4.79 Å². The highest BCUT2D eigenvalue weighted by Gasteiger charge is 2.25. The van der Waals surface area contributed by atoms with Crippen LogP contribution in [0.15, 0.2) is 0 Å². The van der Waals surface area contributed by atoms with Gasteiger partial charge in [-0.05, 0) is 46.0 Å².